The summed E-state index contributed by atoms with van der Waals surface area (Å²) in [5, 5.41) is 15.0. The van der Waals surface area contributed by atoms with Crippen LogP contribution in [0.4, 0.5) is 0 Å². The van der Waals surface area contributed by atoms with Crippen molar-refractivity contribution in [1.29, 1.82) is 0 Å². The smallest absolute Gasteiger partial charge is 0.477 e. The molecule has 5 heterocycles. The second-order valence-corrected chi connectivity index (χ2v) is 15.3. The Morgan fingerprint density at radius 2 is 1.71 bits per heavy atom. The molecule has 1 atom stereocenters. The fourth-order valence-corrected chi connectivity index (χ4v) is 6.87. The monoisotopic (exact) mass is 676 g/mol. The van der Waals surface area contributed by atoms with Crippen LogP contribution in [0.25, 0.3) is 32.9 Å². The lowest BCUT2D eigenvalue weighted by atomic mass is 9.78. The largest absolute Gasteiger partial charge is 0.494 e. The van der Waals surface area contributed by atoms with E-state index in [1.807, 2.05) is 51.7 Å². The van der Waals surface area contributed by atoms with Crippen LogP contribution in [0.5, 0.6) is 11.8 Å². The Hall–Kier alpha value is -3.92. The van der Waals surface area contributed by atoms with Gasteiger partial charge in [-0.25, -0.2) is 17.8 Å². The van der Waals surface area contributed by atoms with Crippen molar-refractivity contribution in [1.82, 2.24) is 28.7 Å². The Bertz CT molecular complexity index is 2060. The summed E-state index contributed by atoms with van der Waals surface area (Å²) in [6, 6.07) is 11.5. The molecule has 0 spiro atoms. The molecule has 5 aromatic rings. The van der Waals surface area contributed by atoms with E-state index in [4.69, 9.17) is 23.5 Å². The summed E-state index contributed by atoms with van der Waals surface area (Å²) in [5.41, 5.74) is 3.00. The quantitative estimate of drug-likeness (QED) is 0.154. The molecule has 13 nitrogen and oxygen atoms in total. The van der Waals surface area contributed by atoms with Crippen LogP contribution in [0.2, 0.25) is 0 Å². The fraction of sp³-hybridized carbons (Fsp3) is 0.485. The van der Waals surface area contributed by atoms with Crippen LogP contribution in [-0.2, 0) is 31.1 Å². The van der Waals surface area contributed by atoms with Crippen LogP contribution in [0.15, 0.2) is 48.8 Å². The van der Waals surface area contributed by atoms with Crippen molar-refractivity contribution < 1.29 is 31.9 Å². The van der Waals surface area contributed by atoms with E-state index in [9.17, 15) is 8.42 Å². The zero-order chi connectivity index (χ0) is 33.8. The van der Waals surface area contributed by atoms with Crippen molar-refractivity contribution in [2.45, 2.75) is 70.8 Å². The molecule has 254 valence electrons. The zero-order valence-electron chi connectivity index (χ0n) is 28.2. The minimum Gasteiger partial charge on any atom is -0.477 e. The molecule has 0 radical (unpaired) electrons. The number of aryl methyl sites for hydroxylation is 1. The predicted molar refractivity (Wildman–Crippen MR) is 182 cm³/mol. The molecule has 3 aromatic heterocycles. The molecule has 1 unspecified atom stereocenters. The molecule has 0 saturated carbocycles. The van der Waals surface area contributed by atoms with Gasteiger partial charge in [-0.15, -0.1) is 5.10 Å². The van der Waals surface area contributed by atoms with Gasteiger partial charge in [0.25, 0.3) is 10.0 Å². The molecule has 2 fully saturated rings. The average molecular weight is 677 g/mol. The van der Waals surface area contributed by atoms with Gasteiger partial charge in [-0.2, -0.15) is 14.3 Å². The van der Waals surface area contributed by atoms with Gasteiger partial charge in [-0.3, -0.25) is 0 Å². The van der Waals surface area contributed by atoms with E-state index >= 15 is 0 Å². The summed E-state index contributed by atoms with van der Waals surface area (Å²) >= 11 is 0. The lowest BCUT2D eigenvalue weighted by molar-refractivity contribution is -0.0366. The summed E-state index contributed by atoms with van der Waals surface area (Å²) < 4.78 is 60.5. The van der Waals surface area contributed by atoms with Crippen LogP contribution in [0.3, 0.4) is 0 Å². The molecule has 0 N–H and O–H groups in total. The van der Waals surface area contributed by atoms with Crippen molar-refractivity contribution in [3.05, 3.63) is 48.8 Å². The topological polar surface area (TPSA) is 134 Å². The Morgan fingerprint density at radius 3 is 2.44 bits per heavy atom. The van der Waals surface area contributed by atoms with E-state index in [1.54, 1.807) is 23.0 Å². The first-order valence-corrected chi connectivity index (χ1v) is 18.1. The lowest BCUT2D eigenvalue weighted by Gasteiger charge is -2.32. The van der Waals surface area contributed by atoms with Gasteiger partial charge >= 0.3 is 7.12 Å². The number of hydrogen-bond acceptors (Lipinski definition) is 10. The van der Waals surface area contributed by atoms with E-state index in [-0.39, 0.29) is 18.7 Å². The Morgan fingerprint density at radius 1 is 0.958 bits per heavy atom. The van der Waals surface area contributed by atoms with E-state index in [0.29, 0.717) is 29.8 Å². The first-order valence-electron chi connectivity index (χ1n) is 16.3. The molecule has 48 heavy (non-hydrogen) atoms. The molecule has 2 aromatic carbocycles. The minimum atomic E-state index is -3.68. The van der Waals surface area contributed by atoms with Gasteiger partial charge < -0.3 is 23.5 Å². The third kappa shape index (κ3) is 5.97. The van der Waals surface area contributed by atoms with Gasteiger partial charge in [0.1, 0.15) is 0 Å². The summed E-state index contributed by atoms with van der Waals surface area (Å²) in [7, 11) is -2.45. The van der Waals surface area contributed by atoms with Crippen LogP contribution >= 0.6 is 0 Å². The maximum absolute atomic E-state index is 12.6. The highest BCUT2D eigenvalue weighted by Gasteiger charge is 2.51. The minimum absolute atomic E-state index is 0.0306. The standard InChI is InChI=1S/C33H41BN6O7S/c1-32(2)33(3,4)47-34(46-32)24-12-14-28-25(19-24)30(37-40(28)48(6,41)42)44-16-9-17-45-31-26(21-35-38(31)5)22-11-13-27-23(18-22)20-36-39(27)29-10-7-8-15-43-29/h11-14,18-21,29H,7-10,15-17H2,1-6H3. The predicted octanol–water partition coefficient (Wildman–Crippen LogP) is 4.44. The SMILES string of the molecule is Cn1ncc(-c2ccc3c(cnn3C3CCCCO3)c2)c1OCCCOc1nn(S(C)(=O)=O)c2ccc(B3OC(C)(C)C(C)(C)O3)cc12. The van der Waals surface area contributed by atoms with Gasteiger partial charge in [-0.1, -0.05) is 12.1 Å². The second-order valence-electron chi connectivity index (χ2n) is 13.5. The molecule has 2 aliphatic heterocycles. The molecular weight excluding hydrogens is 635 g/mol. The molecule has 2 aliphatic rings. The maximum Gasteiger partial charge on any atom is 0.494 e. The van der Waals surface area contributed by atoms with Crippen LogP contribution < -0.4 is 14.9 Å². The Balaban J connectivity index is 1.04. The normalized spacial score (nSPS) is 19.4. The number of rotatable bonds is 10. The van der Waals surface area contributed by atoms with Crippen molar-refractivity contribution in [3.8, 4) is 22.9 Å². The van der Waals surface area contributed by atoms with E-state index in [0.717, 1.165) is 63.7 Å². The number of fused-ring (bicyclic) bond motifs is 2. The Kier molecular flexibility index (Phi) is 8.29. The molecule has 0 bridgehead atoms. The fourth-order valence-electron chi connectivity index (χ4n) is 6.13. The molecule has 2 saturated heterocycles. The highest BCUT2D eigenvalue weighted by molar-refractivity contribution is 7.89. The number of ether oxygens (including phenoxy) is 3. The van der Waals surface area contributed by atoms with Gasteiger partial charge in [-0.05, 0) is 82.2 Å². The van der Waals surface area contributed by atoms with E-state index in [1.165, 1.54) is 0 Å². The molecule has 0 amide bonds. The highest BCUT2D eigenvalue weighted by Crippen LogP contribution is 2.37. The van der Waals surface area contributed by atoms with Crippen molar-refractivity contribution >= 4 is 44.4 Å². The van der Waals surface area contributed by atoms with Crippen LogP contribution in [-0.4, -0.2) is 81.6 Å². The van der Waals surface area contributed by atoms with Crippen molar-refractivity contribution in [2.75, 3.05) is 26.1 Å². The maximum atomic E-state index is 12.6. The van der Waals surface area contributed by atoms with Crippen molar-refractivity contribution in [3.63, 3.8) is 0 Å². The number of hydrogen-bond donors (Lipinski definition) is 0. The van der Waals surface area contributed by atoms with E-state index in [2.05, 4.69) is 33.5 Å². The van der Waals surface area contributed by atoms with Gasteiger partial charge in [0.15, 0.2) is 6.23 Å². The van der Waals surface area contributed by atoms with Gasteiger partial charge in [0, 0.05) is 25.5 Å². The third-order valence-corrected chi connectivity index (χ3v) is 10.4. The second kappa shape index (κ2) is 12.2. The third-order valence-electron chi connectivity index (χ3n) is 9.46. The van der Waals surface area contributed by atoms with Gasteiger partial charge in [0.05, 0.1) is 65.0 Å². The lowest BCUT2D eigenvalue weighted by Crippen LogP contribution is -2.41. The molecule has 0 aliphatic carbocycles. The first-order chi connectivity index (χ1) is 22.8. The van der Waals surface area contributed by atoms with Crippen LogP contribution in [0.1, 0.15) is 59.6 Å². The average Bonchev–Trinajstić information content (AvgIpc) is 3.79. The van der Waals surface area contributed by atoms with Gasteiger partial charge in [0.2, 0.25) is 11.8 Å². The molecular formula is C33H41BN6O7S. The summed E-state index contributed by atoms with van der Waals surface area (Å²) in [6.07, 6.45) is 8.45. The Labute approximate surface area is 280 Å². The zero-order valence-corrected chi connectivity index (χ0v) is 29.0. The summed E-state index contributed by atoms with van der Waals surface area (Å²) in [6.45, 7) is 9.29. The number of aromatic nitrogens is 6. The summed E-state index contributed by atoms with van der Waals surface area (Å²) in [5.74, 6) is 0.846. The molecule has 15 heteroatoms. The van der Waals surface area contributed by atoms with Crippen LogP contribution in [0, 0.1) is 0 Å². The van der Waals surface area contributed by atoms with Crippen molar-refractivity contribution in [2.24, 2.45) is 7.05 Å². The number of nitrogens with zero attached hydrogens (tertiary/aromatic N) is 6. The first kappa shape index (κ1) is 32.6. The summed E-state index contributed by atoms with van der Waals surface area (Å²) in [4.78, 5) is 0. The highest BCUT2D eigenvalue weighted by atomic mass is 32.2. The molecule has 7 rings (SSSR count). The number of benzene rings is 2. The van der Waals surface area contributed by atoms with E-state index < -0.39 is 28.3 Å².